The molecule has 1 aliphatic rings. The number of sulfone groups is 1. The summed E-state index contributed by atoms with van der Waals surface area (Å²) >= 11 is 4.91. The van der Waals surface area contributed by atoms with Crippen LogP contribution in [-0.4, -0.2) is 62.6 Å². The lowest BCUT2D eigenvalue weighted by Crippen LogP contribution is -2.50. The molecule has 0 radical (unpaired) electrons. The number of nitrogens with two attached hydrogens (primary N) is 1. The maximum absolute atomic E-state index is 12.2. The number of ether oxygens (including phenoxy) is 1. The van der Waals surface area contributed by atoms with Crippen LogP contribution in [0.5, 0.6) is 0 Å². The van der Waals surface area contributed by atoms with Crippen LogP contribution in [0.2, 0.25) is 0 Å². The minimum Gasteiger partial charge on any atom is -0.444 e. The third-order valence-electron chi connectivity index (χ3n) is 3.93. The molecule has 1 amide bonds. The van der Waals surface area contributed by atoms with Crippen LogP contribution in [0, 0.1) is 0 Å². The zero-order valence-corrected chi connectivity index (χ0v) is 17.6. The predicted octanol–water partition coefficient (Wildman–Crippen LogP) is 1.80. The number of amides is 1. The van der Waals surface area contributed by atoms with Gasteiger partial charge in [0.05, 0.1) is 16.3 Å². The molecule has 27 heavy (non-hydrogen) atoms. The van der Waals surface area contributed by atoms with Gasteiger partial charge in [-0.25, -0.2) is 13.2 Å². The number of nitrogens with zero attached hydrogens (tertiary/aromatic N) is 2. The summed E-state index contributed by atoms with van der Waals surface area (Å²) in [5.41, 5.74) is 6.35. The van der Waals surface area contributed by atoms with Crippen LogP contribution < -0.4 is 16.0 Å². The van der Waals surface area contributed by atoms with E-state index in [4.69, 9.17) is 22.7 Å². The lowest BCUT2D eigenvalue weighted by Gasteiger charge is -2.37. The van der Waals surface area contributed by atoms with E-state index in [1.54, 1.807) is 17.0 Å². The molecule has 8 nitrogen and oxygen atoms in total. The second-order valence-corrected chi connectivity index (χ2v) is 9.85. The zero-order chi connectivity index (χ0) is 20.4. The fourth-order valence-electron chi connectivity index (χ4n) is 2.71. The van der Waals surface area contributed by atoms with Crippen molar-refractivity contribution in [2.75, 3.05) is 42.7 Å². The number of thiocarbonyl (C=S) groups is 1. The molecule has 150 valence electrons. The highest BCUT2D eigenvalue weighted by Gasteiger charge is 2.27. The number of nitrogens with one attached hydrogen (secondary N) is 1. The first kappa shape index (κ1) is 21.2. The maximum Gasteiger partial charge on any atom is 0.410 e. The zero-order valence-electron chi connectivity index (χ0n) is 16.0. The van der Waals surface area contributed by atoms with Crippen molar-refractivity contribution in [2.24, 2.45) is 5.73 Å². The number of carbonyl (C=O) groups excluding carboxylic acids is 1. The number of benzene rings is 1. The first-order chi connectivity index (χ1) is 12.4. The Morgan fingerprint density at radius 1 is 1.22 bits per heavy atom. The Bertz CT molecular complexity index is 826. The van der Waals surface area contributed by atoms with E-state index in [0.717, 1.165) is 11.9 Å². The fourth-order valence-corrected chi connectivity index (χ4v) is 3.47. The summed E-state index contributed by atoms with van der Waals surface area (Å²) < 4.78 is 29.1. The highest BCUT2D eigenvalue weighted by molar-refractivity contribution is 7.90. The highest BCUT2D eigenvalue weighted by Crippen LogP contribution is 2.30. The molecule has 1 aromatic rings. The molecule has 1 aromatic carbocycles. The van der Waals surface area contributed by atoms with Gasteiger partial charge in [-0.1, -0.05) is 0 Å². The fraction of sp³-hybridized carbons (Fsp3) is 0.529. The number of hydrogen-bond acceptors (Lipinski definition) is 6. The molecule has 2 rings (SSSR count). The molecule has 10 heteroatoms. The second-order valence-electron chi connectivity index (χ2n) is 7.39. The van der Waals surface area contributed by atoms with Gasteiger partial charge in [0.25, 0.3) is 0 Å². The number of rotatable bonds is 3. The van der Waals surface area contributed by atoms with E-state index in [-0.39, 0.29) is 16.1 Å². The quantitative estimate of drug-likeness (QED) is 0.722. The van der Waals surface area contributed by atoms with E-state index in [2.05, 4.69) is 5.32 Å². The molecule has 1 heterocycles. The predicted molar refractivity (Wildman–Crippen MR) is 110 cm³/mol. The third kappa shape index (κ3) is 5.96. The molecule has 1 saturated heterocycles. The molecule has 3 N–H and O–H groups in total. The van der Waals surface area contributed by atoms with Crippen molar-refractivity contribution in [3.63, 3.8) is 0 Å². The van der Waals surface area contributed by atoms with Gasteiger partial charge < -0.3 is 25.6 Å². The van der Waals surface area contributed by atoms with E-state index < -0.39 is 15.4 Å². The number of anilines is 2. The largest absolute Gasteiger partial charge is 0.444 e. The van der Waals surface area contributed by atoms with Crippen molar-refractivity contribution in [3.05, 3.63) is 18.2 Å². The van der Waals surface area contributed by atoms with Crippen LogP contribution in [0.25, 0.3) is 0 Å². The Balaban J connectivity index is 2.17. The van der Waals surface area contributed by atoms with Crippen LogP contribution in [0.15, 0.2) is 23.1 Å². The smallest absolute Gasteiger partial charge is 0.410 e. The number of carbonyl (C=O) groups is 1. The Morgan fingerprint density at radius 2 is 1.81 bits per heavy atom. The van der Waals surface area contributed by atoms with Gasteiger partial charge in [-0.2, -0.15) is 0 Å². The monoisotopic (exact) mass is 414 g/mol. The number of piperazine rings is 1. The SMILES string of the molecule is CC(C)(C)OC(=O)N1CCN(c2ccc(S(C)(=O)=O)cc2NC(N)=S)CC1. The van der Waals surface area contributed by atoms with Crippen molar-refractivity contribution in [3.8, 4) is 0 Å². The van der Waals surface area contributed by atoms with Gasteiger partial charge in [0, 0.05) is 32.4 Å². The Labute approximate surface area is 165 Å². The molecule has 0 aromatic heterocycles. The van der Waals surface area contributed by atoms with Gasteiger partial charge in [-0.3, -0.25) is 0 Å². The molecule has 0 unspecified atom stereocenters. The Hall–Kier alpha value is -2.07. The Morgan fingerprint density at radius 3 is 2.30 bits per heavy atom. The molecule has 0 atom stereocenters. The van der Waals surface area contributed by atoms with Gasteiger partial charge in [0.1, 0.15) is 5.60 Å². The average Bonchev–Trinajstić information content (AvgIpc) is 2.52. The van der Waals surface area contributed by atoms with E-state index in [1.807, 2.05) is 25.7 Å². The highest BCUT2D eigenvalue weighted by atomic mass is 32.2. The van der Waals surface area contributed by atoms with E-state index >= 15 is 0 Å². The summed E-state index contributed by atoms with van der Waals surface area (Å²) in [7, 11) is -3.36. The number of hydrogen-bond donors (Lipinski definition) is 2. The second kappa shape index (κ2) is 7.89. The van der Waals surface area contributed by atoms with Crippen LogP contribution >= 0.6 is 12.2 Å². The summed E-state index contributed by atoms with van der Waals surface area (Å²) in [6.07, 6.45) is 0.808. The molecular formula is C17H26N4O4S2. The van der Waals surface area contributed by atoms with E-state index in [9.17, 15) is 13.2 Å². The van der Waals surface area contributed by atoms with Crippen molar-refractivity contribution < 1.29 is 17.9 Å². The van der Waals surface area contributed by atoms with Gasteiger partial charge in [-0.05, 0) is 51.2 Å². The molecule has 0 aliphatic carbocycles. The molecule has 1 aliphatic heterocycles. The van der Waals surface area contributed by atoms with Gasteiger partial charge in [-0.15, -0.1) is 0 Å². The van der Waals surface area contributed by atoms with E-state index in [1.165, 1.54) is 6.07 Å². The van der Waals surface area contributed by atoms with Gasteiger partial charge in [0.15, 0.2) is 14.9 Å². The van der Waals surface area contributed by atoms with Gasteiger partial charge >= 0.3 is 6.09 Å². The van der Waals surface area contributed by atoms with Crippen LogP contribution in [0.4, 0.5) is 16.2 Å². The molecule has 0 bridgehead atoms. The molecule has 0 spiro atoms. The average molecular weight is 415 g/mol. The summed E-state index contributed by atoms with van der Waals surface area (Å²) in [5.74, 6) is 0. The van der Waals surface area contributed by atoms with Gasteiger partial charge in [0.2, 0.25) is 0 Å². The summed E-state index contributed by atoms with van der Waals surface area (Å²) in [4.78, 5) is 16.1. The van der Waals surface area contributed by atoms with Crippen LogP contribution in [-0.2, 0) is 14.6 Å². The van der Waals surface area contributed by atoms with E-state index in [0.29, 0.717) is 31.9 Å². The van der Waals surface area contributed by atoms with Crippen molar-refractivity contribution in [1.82, 2.24) is 4.90 Å². The maximum atomic E-state index is 12.2. The van der Waals surface area contributed by atoms with Crippen LogP contribution in [0.3, 0.4) is 0 Å². The summed E-state index contributed by atoms with van der Waals surface area (Å²) in [6, 6.07) is 4.79. The lowest BCUT2D eigenvalue weighted by molar-refractivity contribution is 0.0240. The molecule has 0 saturated carbocycles. The topological polar surface area (TPSA) is 105 Å². The first-order valence-corrected chi connectivity index (χ1v) is 10.8. The standard InChI is InChI=1S/C17H26N4O4S2/c1-17(2,3)25-16(22)21-9-7-20(8-10-21)14-6-5-12(27(4,23)24)11-13(14)19-15(18)26/h5-6,11H,7-10H2,1-4H3,(H3,18,19,26). The first-order valence-electron chi connectivity index (χ1n) is 8.50. The minimum atomic E-state index is -3.36. The lowest BCUT2D eigenvalue weighted by atomic mass is 10.2. The van der Waals surface area contributed by atoms with Crippen LogP contribution in [0.1, 0.15) is 20.8 Å². The third-order valence-corrected chi connectivity index (χ3v) is 5.14. The summed E-state index contributed by atoms with van der Waals surface area (Å²) in [5, 5.41) is 2.90. The Kier molecular flexibility index (Phi) is 6.21. The normalized spacial score (nSPS) is 15.4. The minimum absolute atomic E-state index is 0.0503. The molecular weight excluding hydrogens is 388 g/mol. The van der Waals surface area contributed by atoms with Crippen molar-refractivity contribution >= 4 is 44.6 Å². The molecule has 1 fully saturated rings. The van der Waals surface area contributed by atoms with Crippen molar-refractivity contribution in [2.45, 2.75) is 31.3 Å². The summed E-state index contributed by atoms with van der Waals surface area (Å²) in [6.45, 7) is 7.63. The van der Waals surface area contributed by atoms with Crippen molar-refractivity contribution in [1.29, 1.82) is 0 Å².